The van der Waals surface area contributed by atoms with Crippen LogP contribution in [0.15, 0.2) is 23.3 Å². The van der Waals surface area contributed by atoms with E-state index in [1.807, 2.05) is 0 Å². The van der Waals surface area contributed by atoms with Crippen molar-refractivity contribution in [3.8, 4) is 5.75 Å². The third-order valence-corrected chi connectivity index (χ3v) is 3.27. The molecule has 1 aliphatic rings. The molecule has 0 unspecified atom stereocenters. The van der Waals surface area contributed by atoms with Crippen molar-refractivity contribution in [3.63, 3.8) is 0 Å². The summed E-state index contributed by atoms with van der Waals surface area (Å²) in [6.07, 6.45) is 1.46. The van der Waals surface area contributed by atoms with Crippen LogP contribution in [0.4, 0.5) is 11.4 Å². The van der Waals surface area contributed by atoms with E-state index < -0.39 is 10.7 Å². The number of benzene rings is 1. The van der Waals surface area contributed by atoms with E-state index in [1.54, 1.807) is 13.0 Å². The molecule has 2 heterocycles. The molecule has 0 N–H and O–H groups in total. The molecule has 22 heavy (non-hydrogen) atoms. The van der Waals surface area contributed by atoms with E-state index in [4.69, 9.17) is 9.47 Å². The van der Waals surface area contributed by atoms with Crippen LogP contribution in [0.3, 0.4) is 0 Å². The number of aromatic nitrogens is 1. The summed E-state index contributed by atoms with van der Waals surface area (Å²) in [5.74, 6) is -0.621. The smallest absolute Gasteiger partial charge is 0.337 e. The van der Waals surface area contributed by atoms with Crippen molar-refractivity contribution >= 4 is 33.8 Å². The fourth-order valence-corrected chi connectivity index (χ4v) is 2.39. The van der Waals surface area contributed by atoms with Gasteiger partial charge in [-0.1, -0.05) is 0 Å². The van der Waals surface area contributed by atoms with Crippen LogP contribution in [0, 0.1) is 10.1 Å². The Balaban J connectivity index is 2.45. The van der Waals surface area contributed by atoms with E-state index in [1.165, 1.54) is 19.4 Å². The molecule has 8 nitrogen and oxygen atoms in total. The Morgan fingerprint density at radius 3 is 2.82 bits per heavy atom. The molecule has 112 valence electrons. The van der Waals surface area contributed by atoms with E-state index in [-0.39, 0.29) is 35.3 Å². The summed E-state index contributed by atoms with van der Waals surface area (Å²) in [6.45, 7) is 1.91. The maximum atomic E-state index is 12.3. The molecule has 0 spiro atoms. The van der Waals surface area contributed by atoms with Gasteiger partial charge in [-0.25, -0.2) is 4.99 Å². The van der Waals surface area contributed by atoms with Crippen LogP contribution in [0.2, 0.25) is 0 Å². The third-order valence-electron chi connectivity index (χ3n) is 3.27. The van der Waals surface area contributed by atoms with Gasteiger partial charge in [0.15, 0.2) is 11.4 Å². The van der Waals surface area contributed by atoms with Crippen molar-refractivity contribution in [1.82, 2.24) is 4.98 Å². The quantitative estimate of drug-likeness (QED) is 0.637. The number of rotatable bonds is 3. The van der Waals surface area contributed by atoms with Gasteiger partial charge in [0, 0.05) is 11.6 Å². The number of aliphatic imine (C=N–C) groups is 1. The minimum Gasteiger partial charge on any atom is -0.490 e. The fraction of sp³-hybridized carbons (Fsp3) is 0.214. The van der Waals surface area contributed by atoms with E-state index in [2.05, 4.69) is 9.98 Å². The Labute approximate surface area is 124 Å². The molecule has 0 aliphatic carbocycles. The third kappa shape index (κ3) is 1.88. The number of carbonyl (C=O) groups is 1. The molecular formula is C14H11N3O5. The maximum Gasteiger partial charge on any atom is 0.337 e. The highest BCUT2D eigenvalue weighted by Crippen LogP contribution is 2.45. The minimum absolute atomic E-state index is 0.0329. The first kappa shape index (κ1) is 13.9. The molecule has 0 bridgehead atoms. The van der Waals surface area contributed by atoms with Crippen LogP contribution in [0.25, 0.3) is 10.8 Å². The Morgan fingerprint density at radius 1 is 1.41 bits per heavy atom. The summed E-state index contributed by atoms with van der Waals surface area (Å²) < 4.78 is 10.3. The van der Waals surface area contributed by atoms with E-state index in [0.717, 1.165) is 0 Å². The van der Waals surface area contributed by atoms with Gasteiger partial charge in [0.25, 0.3) is 11.7 Å². The molecule has 0 atom stereocenters. The number of nitro groups is 1. The van der Waals surface area contributed by atoms with E-state index >= 15 is 0 Å². The number of ether oxygens (including phenoxy) is 2. The Morgan fingerprint density at radius 2 is 2.18 bits per heavy atom. The lowest BCUT2D eigenvalue weighted by molar-refractivity contribution is -0.384. The number of hydrogen-bond donors (Lipinski definition) is 0. The SMILES string of the molecule is CCOC1=Nc2c([N+](=O)[O-])c(OC)cc3ccnc(c23)C1=O. The van der Waals surface area contributed by atoms with Crippen molar-refractivity contribution in [2.75, 3.05) is 13.7 Å². The number of hydrogen-bond acceptors (Lipinski definition) is 7. The number of methoxy groups -OCH3 is 1. The van der Waals surface area contributed by atoms with Gasteiger partial charge in [-0.05, 0) is 24.4 Å². The van der Waals surface area contributed by atoms with Crippen LogP contribution in [0.1, 0.15) is 17.4 Å². The second-order valence-electron chi connectivity index (χ2n) is 4.47. The highest BCUT2D eigenvalue weighted by molar-refractivity contribution is 6.47. The van der Waals surface area contributed by atoms with Crippen LogP contribution >= 0.6 is 0 Å². The van der Waals surface area contributed by atoms with Crippen molar-refractivity contribution < 1.29 is 19.2 Å². The lowest BCUT2D eigenvalue weighted by atomic mass is 10.0. The minimum atomic E-state index is -0.590. The number of pyridine rings is 1. The van der Waals surface area contributed by atoms with Gasteiger partial charge in [-0.15, -0.1) is 0 Å². The molecule has 0 fully saturated rings. The number of ketones is 1. The summed E-state index contributed by atoms with van der Waals surface area (Å²) in [5.41, 5.74) is -0.184. The summed E-state index contributed by atoms with van der Waals surface area (Å²) in [5, 5.41) is 12.3. The number of nitro benzene ring substituents is 1. The Kier molecular flexibility index (Phi) is 3.21. The maximum absolute atomic E-state index is 12.3. The first-order valence-corrected chi connectivity index (χ1v) is 6.48. The topological polar surface area (TPSA) is 104 Å². The fourth-order valence-electron chi connectivity index (χ4n) is 2.39. The van der Waals surface area contributed by atoms with Gasteiger partial charge in [0.1, 0.15) is 5.69 Å². The number of carbonyl (C=O) groups excluding carboxylic acids is 1. The van der Waals surface area contributed by atoms with Crippen molar-refractivity contribution in [2.24, 2.45) is 4.99 Å². The average molecular weight is 301 g/mol. The largest absolute Gasteiger partial charge is 0.490 e. The van der Waals surface area contributed by atoms with Gasteiger partial charge in [-0.2, -0.15) is 0 Å². The lowest BCUT2D eigenvalue weighted by Crippen LogP contribution is -2.22. The summed E-state index contributed by atoms with van der Waals surface area (Å²) >= 11 is 0. The molecule has 3 rings (SSSR count). The zero-order valence-electron chi connectivity index (χ0n) is 11.8. The highest BCUT2D eigenvalue weighted by Gasteiger charge is 2.33. The van der Waals surface area contributed by atoms with Crippen LogP contribution < -0.4 is 4.74 Å². The summed E-state index contributed by atoms with van der Waals surface area (Å²) in [7, 11) is 1.34. The molecule has 0 saturated heterocycles. The van der Waals surface area contributed by atoms with E-state index in [0.29, 0.717) is 10.8 Å². The normalized spacial score (nSPS) is 13.0. The summed E-state index contributed by atoms with van der Waals surface area (Å²) in [4.78, 5) is 31.2. The Hall–Kier alpha value is -3.03. The van der Waals surface area contributed by atoms with Crippen molar-refractivity contribution in [2.45, 2.75) is 6.92 Å². The molecule has 2 aromatic rings. The predicted molar refractivity (Wildman–Crippen MR) is 78.0 cm³/mol. The summed E-state index contributed by atoms with van der Waals surface area (Å²) in [6, 6.07) is 3.14. The van der Waals surface area contributed by atoms with Gasteiger partial charge >= 0.3 is 5.69 Å². The molecule has 0 amide bonds. The zero-order valence-corrected chi connectivity index (χ0v) is 11.8. The van der Waals surface area contributed by atoms with Gasteiger partial charge in [0.2, 0.25) is 0 Å². The average Bonchev–Trinajstić information content (AvgIpc) is 2.51. The molecule has 1 aromatic carbocycles. The second-order valence-corrected chi connectivity index (χ2v) is 4.47. The monoisotopic (exact) mass is 301 g/mol. The highest BCUT2D eigenvalue weighted by atomic mass is 16.6. The van der Waals surface area contributed by atoms with Gasteiger partial charge in [-0.3, -0.25) is 19.9 Å². The van der Waals surface area contributed by atoms with Crippen molar-refractivity contribution in [1.29, 1.82) is 0 Å². The molecule has 1 aromatic heterocycles. The van der Waals surface area contributed by atoms with Gasteiger partial charge < -0.3 is 9.47 Å². The Bertz CT molecular complexity index is 844. The zero-order chi connectivity index (χ0) is 15.9. The molecule has 0 saturated carbocycles. The molecule has 1 aliphatic heterocycles. The first-order valence-electron chi connectivity index (χ1n) is 6.48. The molecule has 0 radical (unpaired) electrons. The van der Waals surface area contributed by atoms with Crippen LogP contribution in [0.5, 0.6) is 5.75 Å². The standard InChI is InChI=1S/C14H11N3O5/c1-3-22-14-13(18)11-9-7(4-5-15-11)6-8(21-2)12(17(19)20)10(9)16-14/h4-6H,3H2,1-2H3. The number of Topliss-reactive ketones (excluding diaryl/α,β-unsaturated/α-hetero) is 1. The second kappa shape index (κ2) is 5.06. The predicted octanol–water partition coefficient (Wildman–Crippen LogP) is 2.41. The molecule has 8 heteroatoms. The number of nitrogens with zero attached hydrogens (tertiary/aromatic N) is 3. The van der Waals surface area contributed by atoms with E-state index in [9.17, 15) is 14.9 Å². The van der Waals surface area contributed by atoms with Crippen LogP contribution in [-0.4, -0.2) is 35.3 Å². The first-order chi connectivity index (χ1) is 10.6. The van der Waals surface area contributed by atoms with Crippen LogP contribution in [-0.2, 0) is 4.74 Å². The lowest BCUT2D eigenvalue weighted by Gasteiger charge is -2.16. The van der Waals surface area contributed by atoms with Gasteiger partial charge in [0.05, 0.1) is 18.6 Å². The van der Waals surface area contributed by atoms with Crippen molar-refractivity contribution in [3.05, 3.63) is 34.1 Å². The molecular weight excluding hydrogens is 290 g/mol.